The molecule has 0 atom stereocenters. The average Bonchev–Trinajstić information content (AvgIpc) is 3.28. The second-order valence-corrected chi connectivity index (χ2v) is 8.16. The molecule has 0 aliphatic rings. The molecule has 0 saturated heterocycles. The zero-order valence-electron chi connectivity index (χ0n) is 13.3. The lowest BCUT2D eigenvalue weighted by Gasteiger charge is -2.08. The molecule has 1 aromatic carbocycles. The second-order valence-electron chi connectivity index (χ2n) is 4.55. The highest BCUT2D eigenvalue weighted by Gasteiger charge is 2.11. The number of thiazole rings is 1. The quantitative estimate of drug-likeness (QED) is 0.536. The van der Waals surface area contributed by atoms with Crippen molar-refractivity contribution in [3.8, 4) is 22.1 Å². The first kappa shape index (κ1) is 17.5. The van der Waals surface area contributed by atoms with Gasteiger partial charge in [-0.15, -0.1) is 11.3 Å². The first-order valence-electron chi connectivity index (χ1n) is 6.90. The van der Waals surface area contributed by atoms with E-state index in [0.29, 0.717) is 5.75 Å². The van der Waals surface area contributed by atoms with Crippen molar-refractivity contribution >= 4 is 46.4 Å². The zero-order chi connectivity index (χ0) is 16.9. The van der Waals surface area contributed by atoms with Gasteiger partial charge in [-0.1, -0.05) is 23.5 Å². The minimum absolute atomic E-state index is 0.708. The fourth-order valence-electron chi connectivity index (χ4n) is 1.95. The highest BCUT2D eigenvalue weighted by Crippen LogP contribution is 2.34. The van der Waals surface area contributed by atoms with Gasteiger partial charge < -0.3 is 9.47 Å². The maximum absolute atomic E-state index is 5.36. The van der Waals surface area contributed by atoms with E-state index in [-0.39, 0.29) is 0 Å². The third kappa shape index (κ3) is 4.02. The lowest BCUT2D eigenvalue weighted by molar-refractivity contribution is 0.355. The summed E-state index contributed by atoms with van der Waals surface area (Å²) in [6.45, 7) is 0. The molecular formula is C15H15N3O2S4. The Morgan fingerprint density at radius 1 is 1.12 bits per heavy atom. The van der Waals surface area contributed by atoms with Crippen LogP contribution in [-0.2, 0) is 5.75 Å². The number of aromatic nitrogens is 3. The van der Waals surface area contributed by atoms with Crippen molar-refractivity contribution < 1.29 is 9.47 Å². The summed E-state index contributed by atoms with van der Waals surface area (Å²) in [6.07, 6.45) is 1.98. The van der Waals surface area contributed by atoms with Crippen LogP contribution in [0.25, 0.3) is 10.6 Å². The molecule has 0 aliphatic carbocycles. The Hall–Kier alpha value is -1.29. The summed E-state index contributed by atoms with van der Waals surface area (Å²) >= 11 is 6.28. The van der Waals surface area contributed by atoms with Gasteiger partial charge in [0.2, 0.25) is 5.16 Å². The first-order chi connectivity index (χ1) is 11.7. The third-order valence-corrected chi connectivity index (χ3v) is 6.57. The van der Waals surface area contributed by atoms with Crippen LogP contribution in [0, 0.1) is 0 Å². The van der Waals surface area contributed by atoms with E-state index in [9.17, 15) is 0 Å². The molecule has 3 rings (SSSR count). The van der Waals surface area contributed by atoms with Crippen molar-refractivity contribution in [3.05, 3.63) is 29.3 Å². The molecule has 0 fully saturated rings. The summed E-state index contributed by atoms with van der Waals surface area (Å²) < 4.78 is 15.9. The van der Waals surface area contributed by atoms with Gasteiger partial charge in [0.1, 0.15) is 5.01 Å². The fraction of sp³-hybridized carbons (Fsp3) is 0.267. The molecule has 2 aromatic heterocycles. The molecule has 3 aromatic rings. The van der Waals surface area contributed by atoms with E-state index < -0.39 is 0 Å². The first-order valence-corrected chi connectivity index (χ1v) is 10.8. The van der Waals surface area contributed by atoms with Gasteiger partial charge in [-0.25, -0.2) is 9.97 Å². The van der Waals surface area contributed by atoms with Crippen LogP contribution in [0.15, 0.2) is 33.1 Å². The lowest BCUT2D eigenvalue weighted by Crippen LogP contribution is -1.90. The Balaban J connectivity index is 1.71. The molecule has 0 unspecified atom stereocenters. The fourth-order valence-corrected chi connectivity index (χ4v) is 4.97. The number of hydrogen-bond acceptors (Lipinski definition) is 9. The van der Waals surface area contributed by atoms with Crippen LogP contribution in [0.4, 0.5) is 0 Å². The van der Waals surface area contributed by atoms with Gasteiger partial charge in [0, 0.05) is 16.7 Å². The third-order valence-electron chi connectivity index (χ3n) is 3.10. The molecule has 126 valence electrons. The summed E-state index contributed by atoms with van der Waals surface area (Å²) in [5.41, 5.74) is 2.06. The molecule has 5 nitrogen and oxygen atoms in total. The summed E-state index contributed by atoms with van der Waals surface area (Å²) in [6, 6.07) is 5.84. The molecule has 0 spiro atoms. The number of thioether (sulfide) groups is 2. The Kier molecular flexibility index (Phi) is 5.99. The SMILES string of the molecule is COc1ccc(-c2nc(CSc3nc(SC)ns3)cs2)cc1OC. The molecule has 0 amide bonds. The number of rotatable bonds is 7. The maximum Gasteiger partial charge on any atom is 0.200 e. The van der Waals surface area contributed by atoms with Gasteiger partial charge in [-0.3, -0.25) is 0 Å². The Labute approximate surface area is 157 Å². The van der Waals surface area contributed by atoms with E-state index >= 15 is 0 Å². The van der Waals surface area contributed by atoms with E-state index in [1.165, 1.54) is 11.5 Å². The van der Waals surface area contributed by atoms with Gasteiger partial charge in [0.25, 0.3) is 0 Å². The molecule has 0 bridgehead atoms. The van der Waals surface area contributed by atoms with Gasteiger partial charge in [0.05, 0.1) is 19.9 Å². The van der Waals surface area contributed by atoms with E-state index in [1.54, 1.807) is 49.1 Å². The number of nitrogens with zero attached hydrogens (tertiary/aromatic N) is 3. The van der Waals surface area contributed by atoms with Crippen LogP contribution in [-0.4, -0.2) is 34.8 Å². The monoisotopic (exact) mass is 397 g/mol. The predicted molar refractivity (Wildman–Crippen MR) is 102 cm³/mol. The van der Waals surface area contributed by atoms with Crippen LogP contribution < -0.4 is 9.47 Å². The molecule has 24 heavy (non-hydrogen) atoms. The van der Waals surface area contributed by atoms with E-state index in [1.807, 2.05) is 24.5 Å². The smallest absolute Gasteiger partial charge is 0.200 e. The van der Waals surface area contributed by atoms with Crippen LogP contribution in [0.5, 0.6) is 11.5 Å². The largest absolute Gasteiger partial charge is 0.493 e. The van der Waals surface area contributed by atoms with Gasteiger partial charge in [-0.2, -0.15) is 4.37 Å². The molecule has 0 aliphatic heterocycles. The van der Waals surface area contributed by atoms with Crippen LogP contribution in [0.2, 0.25) is 0 Å². The molecule has 0 N–H and O–H groups in total. The van der Waals surface area contributed by atoms with Crippen LogP contribution in [0.3, 0.4) is 0 Å². The van der Waals surface area contributed by atoms with Crippen molar-refractivity contribution in [2.24, 2.45) is 0 Å². The van der Waals surface area contributed by atoms with Crippen LogP contribution in [0.1, 0.15) is 5.69 Å². The van der Waals surface area contributed by atoms with Gasteiger partial charge in [0.15, 0.2) is 15.8 Å². The number of benzene rings is 1. The van der Waals surface area contributed by atoms with Crippen molar-refractivity contribution in [1.29, 1.82) is 0 Å². The van der Waals surface area contributed by atoms with Gasteiger partial charge in [-0.05, 0) is 36.0 Å². The van der Waals surface area contributed by atoms with Gasteiger partial charge >= 0.3 is 0 Å². The molecule has 0 saturated carbocycles. The normalized spacial score (nSPS) is 10.8. The highest BCUT2D eigenvalue weighted by molar-refractivity contribution is 8.00. The summed E-state index contributed by atoms with van der Waals surface area (Å²) in [4.78, 5) is 9.14. The Morgan fingerprint density at radius 2 is 1.96 bits per heavy atom. The summed E-state index contributed by atoms with van der Waals surface area (Å²) in [5.74, 6) is 2.21. The second kappa shape index (κ2) is 8.19. The van der Waals surface area contributed by atoms with E-state index in [0.717, 1.165) is 37.3 Å². The van der Waals surface area contributed by atoms with Crippen molar-refractivity contribution in [2.45, 2.75) is 15.2 Å². The number of methoxy groups -OCH3 is 2. The topological polar surface area (TPSA) is 57.1 Å². The minimum atomic E-state index is 0.708. The Bertz CT molecular complexity index is 819. The summed E-state index contributed by atoms with van der Waals surface area (Å²) in [7, 11) is 3.27. The Morgan fingerprint density at radius 3 is 2.67 bits per heavy atom. The average molecular weight is 398 g/mol. The summed E-state index contributed by atoms with van der Waals surface area (Å²) in [5, 5.41) is 3.87. The van der Waals surface area contributed by atoms with Crippen molar-refractivity contribution in [3.63, 3.8) is 0 Å². The standard InChI is InChI=1S/C15H15N3O2S4/c1-19-11-5-4-9(6-12(11)20-2)13-16-10(7-22-13)8-23-15-17-14(21-3)18-24-15/h4-7H,8H2,1-3H3. The molecule has 9 heteroatoms. The van der Waals surface area contributed by atoms with Crippen LogP contribution >= 0.6 is 46.4 Å². The van der Waals surface area contributed by atoms with Crippen molar-refractivity contribution in [1.82, 2.24) is 14.3 Å². The minimum Gasteiger partial charge on any atom is -0.493 e. The van der Waals surface area contributed by atoms with Crippen molar-refractivity contribution in [2.75, 3.05) is 20.5 Å². The van der Waals surface area contributed by atoms with E-state index in [2.05, 4.69) is 14.7 Å². The molecular weight excluding hydrogens is 382 g/mol. The number of hydrogen-bond donors (Lipinski definition) is 0. The number of ether oxygens (including phenoxy) is 2. The predicted octanol–water partition coefficient (Wildman–Crippen LogP) is 4.69. The van der Waals surface area contributed by atoms with E-state index in [4.69, 9.17) is 14.5 Å². The zero-order valence-corrected chi connectivity index (χ0v) is 16.6. The highest BCUT2D eigenvalue weighted by atomic mass is 32.2. The lowest BCUT2D eigenvalue weighted by atomic mass is 10.2. The molecule has 0 radical (unpaired) electrons. The maximum atomic E-state index is 5.36. The molecule has 2 heterocycles.